The summed E-state index contributed by atoms with van der Waals surface area (Å²) in [5, 5.41) is 2.62. The Bertz CT molecular complexity index is 767. The van der Waals surface area contributed by atoms with Crippen LogP contribution in [0, 0.1) is 5.92 Å². The molecule has 1 saturated heterocycles. The van der Waals surface area contributed by atoms with Crippen molar-refractivity contribution < 1.29 is 27.5 Å². The quantitative estimate of drug-likeness (QED) is 0.736. The monoisotopic (exact) mass is 382 g/mol. The molecule has 26 heavy (non-hydrogen) atoms. The lowest BCUT2D eigenvalue weighted by molar-refractivity contribution is -0.154. The van der Waals surface area contributed by atoms with E-state index in [0.29, 0.717) is 32.0 Å². The molecule has 3 rings (SSSR count). The molecule has 1 atom stereocenters. The van der Waals surface area contributed by atoms with Gasteiger partial charge in [-0.3, -0.25) is 9.59 Å². The number of sulfonamides is 1. The second-order valence-corrected chi connectivity index (χ2v) is 8.32. The molecule has 0 aromatic heterocycles. The summed E-state index contributed by atoms with van der Waals surface area (Å²) in [6.07, 6.45) is 0.721. The van der Waals surface area contributed by atoms with Crippen LogP contribution in [0.2, 0.25) is 0 Å². The molecule has 2 aliphatic rings. The van der Waals surface area contributed by atoms with Gasteiger partial charge < -0.3 is 14.8 Å². The second kappa shape index (κ2) is 7.73. The SMILES string of the molecule is C[C@H](OC(=O)C1CC1)C(=O)Nc1ccc(S(=O)(=O)N2CCOCC2)cc1. The summed E-state index contributed by atoms with van der Waals surface area (Å²) < 4.78 is 36.7. The Morgan fingerprint density at radius 2 is 1.81 bits per heavy atom. The fraction of sp³-hybridized carbons (Fsp3) is 0.529. The first-order chi connectivity index (χ1) is 12.4. The number of carbonyl (C=O) groups is 2. The Morgan fingerprint density at radius 1 is 1.19 bits per heavy atom. The first-order valence-electron chi connectivity index (χ1n) is 8.57. The number of hydrogen-bond donors (Lipinski definition) is 1. The van der Waals surface area contributed by atoms with Crippen molar-refractivity contribution in [2.45, 2.75) is 30.8 Å². The maximum atomic E-state index is 12.5. The van der Waals surface area contributed by atoms with E-state index >= 15 is 0 Å². The van der Waals surface area contributed by atoms with Gasteiger partial charge in [0, 0.05) is 18.8 Å². The zero-order valence-corrected chi connectivity index (χ0v) is 15.3. The Labute approximate surface area is 152 Å². The molecule has 1 N–H and O–H groups in total. The van der Waals surface area contributed by atoms with Gasteiger partial charge in [0.25, 0.3) is 5.91 Å². The summed E-state index contributed by atoms with van der Waals surface area (Å²) in [7, 11) is -3.57. The number of hydrogen-bond acceptors (Lipinski definition) is 6. The van der Waals surface area contributed by atoms with E-state index in [0.717, 1.165) is 12.8 Å². The molecule has 0 unspecified atom stereocenters. The molecule has 8 nitrogen and oxygen atoms in total. The minimum Gasteiger partial charge on any atom is -0.452 e. The average molecular weight is 382 g/mol. The number of carbonyl (C=O) groups excluding carboxylic acids is 2. The Kier molecular flexibility index (Phi) is 5.59. The van der Waals surface area contributed by atoms with Crippen LogP contribution in [0.3, 0.4) is 0 Å². The van der Waals surface area contributed by atoms with Crippen molar-refractivity contribution in [2.24, 2.45) is 5.92 Å². The van der Waals surface area contributed by atoms with E-state index in [1.54, 1.807) is 0 Å². The lowest BCUT2D eigenvalue weighted by atomic mass is 10.3. The summed E-state index contributed by atoms with van der Waals surface area (Å²) in [4.78, 5) is 23.8. The van der Waals surface area contributed by atoms with Crippen LogP contribution < -0.4 is 5.32 Å². The lowest BCUT2D eigenvalue weighted by Crippen LogP contribution is -2.40. The van der Waals surface area contributed by atoms with Crippen LogP contribution in [0.5, 0.6) is 0 Å². The van der Waals surface area contributed by atoms with Crippen molar-refractivity contribution in [3.8, 4) is 0 Å². The van der Waals surface area contributed by atoms with Crippen LogP contribution in [0.4, 0.5) is 5.69 Å². The maximum Gasteiger partial charge on any atom is 0.309 e. The number of rotatable bonds is 6. The number of morpholine rings is 1. The van der Waals surface area contributed by atoms with Crippen molar-refractivity contribution in [3.05, 3.63) is 24.3 Å². The Morgan fingerprint density at radius 3 is 2.38 bits per heavy atom. The Hall–Kier alpha value is -1.97. The van der Waals surface area contributed by atoms with E-state index in [1.807, 2.05) is 0 Å². The predicted octanol–water partition coefficient (Wildman–Crippen LogP) is 0.988. The van der Waals surface area contributed by atoms with Crippen LogP contribution >= 0.6 is 0 Å². The van der Waals surface area contributed by atoms with E-state index in [-0.39, 0.29) is 16.8 Å². The third kappa shape index (κ3) is 4.40. The highest BCUT2D eigenvalue weighted by atomic mass is 32.2. The van der Waals surface area contributed by atoms with E-state index in [2.05, 4.69) is 5.32 Å². The minimum absolute atomic E-state index is 0.0741. The predicted molar refractivity (Wildman–Crippen MR) is 92.9 cm³/mol. The maximum absolute atomic E-state index is 12.5. The largest absolute Gasteiger partial charge is 0.452 e. The van der Waals surface area contributed by atoms with Crippen LogP contribution in [0.1, 0.15) is 19.8 Å². The van der Waals surface area contributed by atoms with Crippen molar-refractivity contribution in [2.75, 3.05) is 31.6 Å². The molecule has 1 heterocycles. The van der Waals surface area contributed by atoms with Gasteiger partial charge in [0.1, 0.15) is 0 Å². The number of benzene rings is 1. The van der Waals surface area contributed by atoms with E-state index in [9.17, 15) is 18.0 Å². The molecular weight excluding hydrogens is 360 g/mol. The number of amides is 1. The summed E-state index contributed by atoms with van der Waals surface area (Å²) >= 11 is 0. The molecule has 1 aliphatic carbocycles. The number of anilines is 1. The second-order valence-electron chi connectivity index (χ2n) is 6.38. The standard InChI is InChI=1S/C17H22N2O6S/c1-12(25-17(21)13-2-3-13)16(20)18-14-4-6-15(7-5-14)26(22,23)19-8-10-24-11-9-19/h4-7,12-13H,2-3,8-11H2,1H3,(H,18,20)/t12-/m0/s1. The van der Waals surface area contributed by atoms with E-state index in [1.165, 1.54) is 35.5 Å². The van der Waals surface area contributed by atoms with Crippen LogP contribution in [0.25, 0.3) is 0 Å². The van der Waals surface area contributed by atoms with Crippen LogP contribution in [-0.4, -0.2) is 57.0 Å². The van der Waals surface area contributed by atoms with Gasteiger partial charge in [-0.1, -0.05) is 0 Å². The van der Waals surface area contributed by atoms with Crippen LogP contribution in [0.15, 0.2) is 29.2 Å². The van der Waals surface area contributed by atoms with E-state index < -0.39 is 22.0 Å². The fourth-order valence-corrected chi connectivity index (χ4v) is 3.94. The van der Waals surface area contributed by atoms with Gasteiger partial charge in [-0.25, -0.2) is 8.42 Å². The summed E-state index contributed by atoms with van der Waals surface area (Å²) in [6.45, 7) is 2.91. The number of ether oxygens (including phenoxy) is 2. The Balaban J connectivity index is 1.60. The van der Waals surface area contributed by atoms with Crippen molar-refractivity contribution in [1.29, 1.82) is 0 Å². The number of esters is 1. The first-order valence-corrected chi connectivity index (χ1v) is 10.0. The van der Waals surface area contributed by atoms with Gasteiger partial charge in [-0.05, 0) is 44.0 Å². The summed E-state index contributed by atoms with van der Waals surface area (Å²) in [5.74, 6) is -0.877. The zero-order chi connectivity index (χ0) is 18.7. The van der Waals surface area contributed by atoms with Crippen molar-refractivity contribution in [1.82, 2.24) is 4.31 Å². The number of nitrogens with one attached hydrogen (secondary N) is 1. The highest BCUT2D eigenvalue weighted by molar-refractivity contribution is 7.89. The molecule has 1 aromatic carbocycles. The van der Waals surface area contributed by atoms with Crippen molar-refractivity contribution in [3.63, 3.8) is 0 Å². The highest BCUT2D eigenvalue weighted by Gasteiger charge is 2.33. The molecular formula is C17H22N2O6S. The third-order valence-electron chi connectivity index (χ3n) is 4.30. The summed E-state index contributed by atoms with van der Waals surface area (Å²) in [5.41, 5.74) is 0.435. The fourth-order valence-electron chi connectivity index (χ4n) is 2.53. The molecule has 142 valence electrons. The molecule has 0 spiro atoms. The zero-order valence-electron chi connectivity index (χ0n) is 14.5. The van der Waals surface area contributed by atoms with E-state index in [4.69, 9.17) is 9.47 Å². The normalized spacial score (nSPS) is 19.6. The smallest absolute Gasteiger partial charge is 0.309 e. The lowest BCUT2D eigenvalue weighted by Gasteiger charge is -2.26. The molecule has 2 fully saturated rings. The van der Waals surface area contributed by atoms with Gasteiger partial charge in [-0.2, -0.15) is 4.31 Å². The number of nitrogens with zero attached hydrogens (tertiary/aromatic N) is 1. The molecule has 1 saturated carbocycles. The molecule has 0 bridgehead atoms. The van der Waals surface area contributed by atoms with Crippen LogP contribution in [-0.2, 0) is 29.1 Å². The van der Waals surface area contributed by atoms with Gasteiger partial charge in [0.05, 0.1) is 24.0 Å². The average Bonchev–Trinajstić information content (AvgIpc) is 3.48. The molecule has 0 radical (unpaired) electrons. The van der Waals surface area contributed by atoms with Gasteiger partial charge in [0.2, 0.25) is 10.0 Å². The first kappa shape index (κ1) is 18.8. The summed E-state index contributed by atoms with van der Waals surface area (Å²) in [6, 6.07) is 5.92. The minimum atomic E-state index is -3.57. The third-order valence-corrected chi connectivity index (χ3v) is 6.22. The topological polar surface area (TPSA) is 102 Å². The van der Waals surface area contributed by atoms with Crippen molar-refractivity contribution >= 4 is 27.6 Å². The van der Waals surface area contributed by atoms with Gasteiger partial charge in [0.15, 0.2) is 6.10 Å². The molecule has 1 aliphatic heterocycles. The van der Waals surface area contributed by atoms with Gasteiger partial charge in [-0.15, -0.1) is 0 Å². The molecule has 1 aromatic rings. The molecule has 9 heteroatoms. The van der Waals surface area contributed by atoms with Gasteiger partial charge >= 0.3 is 5.97 Å². The highest BCUT2D eigenvalue weighted by Crippen LogP contribution is 2.30. The molecule has 1 amide bonds.